The highest BCUT2D eigenvalue weighted by molar-refractivity contribution is 7.99. The van der Waals surface area contributed by atoms with Crippen LogP contribution in [0.5, 0.6) is 0 Å². The van der Waals surface area contributed by atoms with Gasteiger partial charge in [0, 0.05) is 19.4 Å². The van der Waals surface area contributed by atoms with Crippen molar-refractivity contribution < 1.29 is 19.4 Å². The molecule has 0 atom stereocenters. The molecule has 0 unspecified atom stereocenters. The Morgan fingerprint density at radius 2 is 2.20 bits per heavy atom. The summed E-state index contributed by atoms with van der Waals surface area (Å²) in [5, 5.41) is 11.7. The van der Waals surface area contributed by atoms with Crippen LogP contribution in [0.1, 0.15) is 15.9 Å². The van der Waals surface area contributed by atoms with Crippen LogP contribution in [-0.2, 0) is 16.0 Å². The lowest BCUT2D eigenvalue weighted by Gasteiger charge is -2.06. The number of carbonyl (C=O) groups is 2. The van der Waals surface area contributed by atoms with Gasteiger partial charge in [0.05, 0.1) is 17.9 Å². The Kier molecular flexibility index (Phi) is 7.75. The first-order chi connectivity index (χ1) is 9.63. The van der Waals surface area contributed by atoms with E-state index in [-0.39, 0.29) is 11.5 Å². The van der Waals surface area contributed by atoms with Gasteiger partial charge in [-0.05, 0) is 24.1 Å². The molecule has 5 nitrogen and oxygen atoms in total. The van der Waals surface area contributed by atoms with Gasteiger partial charge in [-0.1, -0.05) is 12.1 Å². The highest BCUT2D eigenvalue weighted by Crippen LogP contribution is 2.06. The Morgan fingerprint density at radius 3 is 2.90 bits per heavy atom. The van der Waals surface area contributed by atoms with Crippen LogP contribution in [0.2, 0.25) is 0 Å². The summed E-state index contributed by atoms with van der Waals surface area (Å²) in [6.07, 6.45) is 0.621. The minimum Gasteiger partial charge on any atom is -0.478 e. The molecular formula is C14H19NO4S. The molecule has 0 radical (unpaired) electrons. The number of amides is 1. The van der Waals surface area contributed by atoms with Crippen molar-refractivity contribution in [2.45, 2.75) is 6.42 Å². The van der Waals surface area contributed by atoms with E-state index in [4.69, 9.17) is 9.84 Å². The van der Waals surface area contributed by atoms with Crippen LogP contribution in [0.3, 0.4) is 0 Å². The molecule has 0 aliphatic carbocycles. The summed E-state index contributed by atoms with van der Waals surface area (Å²) < 4.78 is 4.89. The monoisotopic (exact) mass is 297 g/mol. The lowest BCUT2D eigenvalue weighted by molar-refractivity contribution is -0.118. The summed E-state index contributed by atoms with van der Waals surface area (Å²) >= 11 is 1.52. The topological polar surface area (TPSA) is 75.6 Å². The van der Waals surface area contributed by atoms with E-state index in [0.29, 0.717) is 25.3 Å². The van der Waals surface area contributed by atoms with Gasteiger partial charge in [0.25, 0.3) is 0 Å². The maximum Gasteiger partial charge on any atom is 0.335 e. The van der Waals surface area contributed by atoms with Crippen molar-refractivity contribution in [2.75, 3.05) is 31.8 Å². The van der Waals surface area contributed by atoms with Crippen LogP contribution in [0.25, 0.3) is 0 Å². The molecule has 1 aromatic carbocycles. The van der Waals surface area contributed by atoms with Crippen molar-refractivity contribution in [3.8, 4) is 0 Å². The lowest BCUT2D eigenvalue weighted by atomic mass is 10.1. The molecule has 0 aliphatic rings. The number of thioether (sulfide) groups is 1. The third-order valence-corrected chi connectivity index (χ3v) is 3.50. The zero-order valence-electron chi connectivity index (χ0n) is 11.4. The van der Waals surface area contributed by atoms with E-state index in [2.05, 4.69) is 5.32 Å². The quantitative estimate of drug-likeness (QED) is 0.674. The Hall–Kier alpha value is -1.53. The van der Waals surface area contributed by atoms with E-state index >= 15 is 0 Å². The first-order valence-corrected chi connectivity index (χ1v) is 7.44. The number of rotatable bonds is 9. The summed E-state index contributed by atoms with van der Waals surface area (Å²) in [4.78, 5) is 22.3. The van der Waals surface area contributed by atoms with Gasteiger partial charge in [0.2, 0.25) is 5.91 Å². The van der Waals surface area contributed by atoms with E-state index < -0.39 is 5.97 Å². The van der Waals surface area contributed by atoms with Crippen molar-refractivity contribution in [1.29, 1.82) is 0 Å². The number of aromatic carboxylic acids is 1. The fraction of sp³-hybridized carbons (Fsp3) is 0.429. The van der Waals surface area contributed by atoms with Gasteiger partial charge in [-0.25, -0.2) is 4.79 Å². The third-order valence-electron chi connectivity index (χ3n) is 2.57. The molecule has 0 aromatic heterocycles. The van der Waals surface area contributed by atoms with Gasteiger partial charge in [-0.2, -0.15) is 0 Å². The minimum absolute atomic E-state index is 0.0134. The van der Waals surface area contributed by atoms with Gasteiger partial charge < -0.3 is 15.2 Å². The zero-order chi connectivity index (χ0) is 14.8. The van der Waals surface area contributed by atoms with Crippen molar-refractivity contribution >= 4 is 23.6 Å². The normalized spacial score (nSPS) is 10.2. The summed E-state index contributed by atoms with van der Waals surface area (Å²) in [5.41, 5.74) is 1.17. The molecule has 0 saturated carbocycles. The maximum absolute atomic E-state index is 11.5. The van der Waals surface area contributed by atoms with Crippen molar-refractivity contribution in [3.05, 3.63) is 35.4 Å². The highest BCUT2D eigenvalue weighted by Gasteiger charge is 2.04. The van der Waals surface area contributed by atoms with E-state index in [1.807, 2.05) is 6.07 Å². The number of ether oxygens (including phenoxy) is 1. The molecular weight excluding hydrogens is 278 g/mol. The van der Waals surface area contributed by atoms with Crippen molar-refractivity contribution in [2.24, 2.45) is 0 Å². The van der Waals surface area contributed by atoms with Crippen LogP contribution in [0, 0.1) is 0 Å². The van der Waals surface area contributed by atoms with Crippen LogP contribution in [-0.4, -0.2) is 48.8 Å². The molecule has 0 bridgehead atoms. The number of carboxylic acids is 1. The summed E-state index contributed by atoms with van der Waals surface area (Å²) in [6.45, 7) is 1.15. The van der Waals surface area contributed by atoms with E-state index in [0.717, 1.165) is 11.3 Å². The molecule has 0 heterocycles. The largest absolute Gasteiger partial charge is 0.478 e. The van der Waals surface area contributed by atoms with Gasteiger partial charge in [-0.15, -0.1) is 11.8 Å². The second-order valence-electron chi connectivity index (χ2n) is 4.15. The van der Waals surface area contributed by atoms with Crippen LogP contribution >= 0.6 is 11.8 Å². The van der Waals surface area contributed by atoms with Crippen molar-refractivity contribution in [1.82, 2.24) is 5.32 Å². The van der Waals surface area contributed by atoms with Gasteiger partial charge >= 0.3 is 5.97 Å². The molecule has 1 amide bonds. The van der Waals surface area contributed by atoms with Gasteiger partial charge in [0.1, 0.15) is 0 Å². The predicted octanol–water partition coefficient (Wildman–Crippen LogP) is 1.42. The third kappa shape index (κ3) is 6.58. The molecule has 0 saturated heterocycles. The Morgan fingerprint density at radius 1 is 1.40 bits per heavy atom. The number of hydrogen-bond acceptors (Lipinski definition) is 4. The first kappa shape index (κ1) is 16.5. The van der Waals surface area contributed by atoms with Gasteiger partial charge in [-0.3, -0.25) is 4.79 Å². The molecule has 0 aliphatic heterocycles. The standard InChI is InChI=1S/C14H19NO4S/c1-19-7-8-20-10-13(16)15-6-5-11-3-2-4-12(9-11)14(17)18/h2-4,9H,5-8,10H2,1H3,(H,15,16)(H,17,18). The number of benzene rings is 1. The summed E-state index contributed by atoms with van der Waals surface area (Å²) in [5.74, 6) is 0.259. The van der Waals surface area contributed by atoms with E-state index in [9.17, 15) is 9.59 Å². The summed E-state index contributed by atoms with van der Waals surface area (Å²) in [7, 11) is 1.63. The Bertz CT molecular complexity index is 451. The van der Waals surface area contributed by atoms with Crippen molar-refractivity contribution in [3.63, 3.8) is 0 Å². The fourth-order valence-corrected chi connectivity index (χ4v) is 2.28. The highest BCUT2D eigenvalue weighted by atomic mass is 32.2. The lowest BCUT2D eigenvalue weighted by Crippen LogP contribution is -2.27. The fourth-order valence-electron chi connectivity index (χ4n) is 1.56. The molecule has 110 valence electrons. The number of carboxylic acid groups (broad SMARTS) is 1. The zero-order valence-corrected chi connectivity index (χ0v) is 12.2. The maximum atomic E-state index is 11.5. The number of nitrogens with one attached hydrogen (secondary N) is 1. The SMILES string of the molecule is COCCSCC(=O)NCCc1cccc(C(=O)O)c1. The number of methoxy groups -OCH3 is 1. The average molecular weight is 297 g/mol. The molecule has 1 rings (SSSR count). The molecule has 20 heavy (non-hydrogen) atoms. The van der Waals surface area contributed by atoms with Crippen LogP contribution in [0.4, 0.5) is 0 Å². The van der Waals surface area contributed by atoms with E-state index in [1.165, 1.54) is 11.8 Å². The summed E-state index contributed by atoms with van der Waals surface area (Å²) in [6, 6.07) is 6.74. The van der Waals surface area contributed by atoms with E-state index in [1.54, 1.807) is 25.3 Å². The molecule has 0 spiro atoms. The number of hydrogen-bond donors (Lipinski definition) is 2. The second-order valence-corrected chi connectivity index (χ2v) is 5.26. The molecule has 0 fully saturated rings. The molecule has 6 heteroatoms. The molecule has 1 aromatic rings. The number of carbonyl (C=O) groups excluding carboxylic acids is 1. The Balaban J connectivity index is 2.25. The second kappa shape index (κ2) is 9.39. The smallest absolute Gasteiger partial charge is 0.335 e. The Labute approximate surface area is 122 Å². The molecule has 2 N–H and O–H groups in total. The van der Waals surface area contributed by atoms with Crippen LogP contribution in [0.15, 0.2) is 24.3 Å². The average Bonchev–Trinajstić information content (AvgIpc) is 2.44. The van der Waals surface area contributed by atoms with Crippen LogP contribution < -0.4 is 5.32 Å². The predicted molar refractivity (Wildman–Crippen MR) is 79.3 cm³/mol. The first-order valence-electron chi connectivity index (χ1n) is 6.29. The minimum atomic E-state index is -0.939. The van der Waals surface area contributed by atoms with Gasteiger partial charge in [0.15, 0.2) is 0 Å².